The highest BCUT2D eigenvalue weighted by Crippen LogP contribution is 2.20. The van der Waals surface area contributed by atoms with E-state index in [9.17, 15) is 24.3 Å². The first-order chi connectivity index (χ1) is 13.4. The predicted molar refractivity (Wildman–Crippen MR) is 99.6 cm³/mol. The van der Waals surface area contributed by atoms with Crippen LogP contribution in [-0.4, -0.2) is 46.9 Å². The molecule has 0 amide bonds. The average molecular weight is 384 g/mol. The van der Waals surface area contributed by atoms with Gasteiger partial charge in [0.25, 0.3) is 0 Å². The number of Topliss-reactive ketones (excluding diaryl/α,β-unsaturated/α-hetero) is 1. The summed E-state index contributed by atoms with van der Waals surface area (Å²) in [6.07, 6.45) is -2.08. The van der Waals surface area contributed by atoms with Crippen LogP contribution in [-0.2, 0) is 19.1 Å². The van der Waals surface area contributed by atoms with Crippen molar-refractivity contribution in [2.24, 2.45) is 5.92 Å². The van der Waals surface area contributed by atoms with E-state index < -0.39 is 42.8 Å². The molecule has 0 bridgehead atoms. The van der Waals surface area contributed by atoms with E-state index in [1.807, 2.05) is 30.3 Å². The molecule has 0 saturated heterocycles. The van der Waals surface area contributed by atoms with Gasteiger partial charge in [0.15, 0.2) is 12.4 Å². The minimum absolute atomic E-state index is 0.232. The number of carbonyl (C=O) groups excluding carboxylic acids is 3. The molecule has 0 heterocycles. The van der Waals surface area contributed by atoms with Crippen molar-refractivity contribution in [3.63, 3.8) is 0 Å². The van der Waals surface area contributed by atoms with E-state index >= 15 is 0 Å². The molecule has 0 aliphatic heterocycles. The number of aliphatic hydroxyl groups is 1. The molecule has 0 fully saturated rings. The molecule has 2 rings (SSSR count). The van der Waals surface area contributed by atoms with Gasteiger partial charge in [-0.1, -0.05) is 42.5 Å². The number of benzene rings is 2. The maximum atomic E-state index is 12.2. The third-order valence-corrected chi connectivity index (χ3v) is 4.18. The van der Waals surface area contributed by atoms with Crippen LogP contribution in [0, 0.1) is 5.92 Å². The summed E-state index contributed by atoms with van der Waals surface area (Å²) in [5, 5.41) is 18.7. The van der Waals surface area contributed by atoms with E-state index in [-0.39, 0.29) is 12.0 Å². The number of esters is 1. The van der Waals surface area contributed by atoms with Gasteiger partial charge < -0.3 is 19.7 Å². The van der Waals surface area contributed by atoms with E-state index in [1.54, 1.807) is 24.3 Å². The summed E-state index contributed by atoms with van der Waals surface area (Å²) in [4.78, 5) is 45.7. The van der Waals surface area contributed by atoms with Crippen molar-refractivity contribution in [1.82, 2.24) is 0 Å². The second-order valence-corrected chi connectivity index (χ2v) is 6.16. The number of ketones is 1. The number of hydrogen-bond acceptors (Lipinski definition) is 6. The lowest BCUT2D eigenvalue weighted by Crippen LogP contribution is -2.33. The third-order valence-electron chi connectivity index (χ3n) is 4.18. The zero-order valence-corrected chi connectivity index (χ0v) is 15.0. The standard InChI is InChI=1S/C21H20O7/c22-11-10-18(23)17(12-20(25)26)19(24)13-28-21(27)16-8-6-15(7-9-16)14-4-2-1-3-5-14/h1-9,11,17-18,23H,10,12-13H2,(H,25,26)/t17-,18-/m0/s1. The van der Waals surface area contributed by atoms with Crippen LogP contribution in [0.1, 0.15) is 23.2 Å². The van der Waals surface area contributed by atoms with Crippen molar-refractivity contribution in [2.45, 2.75) is 18.9 Å². The van der Waals surface area contributed by atoms with Gasteiger partial charge in [-0.15, -0.1) is 0 Å². The molecule has 7 nitrogen and oxygen atoms in total. The van der Waals surface area contributed by atoms with E-state index in [2.05, 4.69) is 0 Å². The SMILES string of the molecule is O=CC[C@H](O)[C@H](CC(=O)O)C(=O)COC(=O)c1ccc(-c2ccccc2)cc1. The number of aldehydes is 1. The van der Waals surface area contributed by atoms with Gasteiger partial charge >= 0.3 is 11.9 Å². The Bertz CT molecular complexity index is 828. The van der Waals surface area contributed by atoms with Crippen molar-refractivity contribution in [2.75, 3.05) is 6.61 Å². The van der Waals surface area contributed by atoms with Crippen LogP contribution in [0.5, 0.6) is 0 Å². The zero-order valence-electron chi connectivity index (χ0n) is 15.0. The van der Waals surface area contributed by atoms with E-state index in [0.717, 1.165) is 11.1 Å². The smallest absolute Gasteiger partial charge is 0.338 e. The van der Waals surface area contributed by atoms with Crippen LogP contribution >= 0.6 is 0 Å². The number of aliphatic hydroxyl groups excluding tert-OH is 1. The van der Waals surface area contributed by atoms with E-state index in [1.165, 1.54) is 0 Å². The number of hydrogen-bond donors (Lipinski definition) is 2. The summed E-state index contributed by atoms with van der Waals surface area (Å²) in [6, 6.07) is 16.2. The average Bonchev–Trinajstić information content (AvgIpc) is 2.70. The Morgan fingerprint density at radius 3 is 2.14 bits per heavy atom. The fraction of sp³-hybridized carbons (Fsp3) is 0.238. The Morgan fingerprint density at radius 2 is 1.57 bits per heavy atom. The van der Waals surface area contributed by atoms with Crippen LogP contribution in [0.15, 0.2) is 54.6 Å². The molecule has 2 N–H and O–H groups in total. The predicted octanol–water partition coefficient (Wildman–Crippen LogP) is 2.12. The van der Waals surface area contributed by atoms with E-state index in [4.69, 9.17) is 9.84 Å². The normalized spacial score (nSPS) is 12.6. The van der Waals surface area contributed by atoms with Crippen LogP contribution in [0.25, 0.3) is 11.1 Å². The van der Waals surface area contributed by atoms with Gasteiger partial charge in [0.2, 0.25) is 0 Å². The molecule has 28 heavy (non-hydrogen) atoms. The van der Waals surface area contributed by atoms with Gasteiger partial charge in [0.05, 0.1) is 24.0 Å². The Hall–Kier alpha value is -3.32. The molecule has 0 spiro atoms. The molecule has 0 aliphatic carbocycles. The van der Waals surface area contributed by atoms with Gasteiger partial charge in [-0.05, 0) is 23.3 Å². The quantitative estimate of drug-likeness (QED) is 0.476. The highest BCUT2D eigenvalue weighted by molar-refractivity contribution is 5.93. The highest BCUT2D eigenvalue weighted by Gasteiger charge is 2.29. The minimum atomic E-state index is -1.44. The van der Waals surface area contributed by atoms with Crippen LogP contribution in [0.2, 0.25) is 0 Å². The molecular weight excluding hydrogens is 364 g/mol. The molecule has 7 heteroatoms. The van der Waals surface area contributed by atoms with Crippen molar-refractivity contribution in [1.29, 1.82) is 0 Å². The second kappa shape index (κ2) is 10.1. The molecule has 146 valence electrons. The summed E-state index contributed by atoms with van der Waals surface area (Å²) >= 11 is 0. The first-order valence-corrected chi connectivity index (χ1v) is 8.61. The summed E-state index contributed by atoms with van der Waals surface area (Å²) in [5.74, 6) is -4.12. The molecule has 0 unspecified atom stereocenters. The maximum Gasteiger partial charge on any atom is 0.338 e. The summed E-state index contributed by atoms with van der Waals surface area (Å²) in [7, 11) is 0. The van der Waals surface area contributed by atoms with Crippen LogP contribution in [0.3, 0.4) is 0 Å². The molecule has 2 atom stereocenters. The first kappa shape index (κ1) is 21.0. The van der Waals surface area contributed by atoms with Crippen molar-refractivity contribution < 1.29 is 34.1 Å². The summed E-state index contributed by atoms with van der Waals surface area (Å²) in [6.45, 7) is -0.687. The molecule has 2 aromatic carbocycles. The molecule has 2 aromatic rings. The first-order valence-electron chi connectivity index (χ1n) is 8.61. The molecule has 0 aliphatic rings. The molecular formula is C21H20O7. The van der Waals surface area contributed by atoms with Gasteiger partial charge in [-0.3, -0.25) is 9.59 Å². The number of rotatable bonds is 10. The fourth-order valence-electron chi connectivity index (χ4n) is 2.67. The molecule has 0 aromatic heterocycles. The lowest BCUT2D eigenvalue weighted by molar-refractivity contribution is -0.144. The molecule has 0 saturated carbocycles. The van der Waals surface area contributed by atoms with Crippen molar-refractivity contribution >= 4 is 24.0 Å². The van der Waals surface area contributed by atoms with Gasteiger partial charge in [0.1, 0.15) is 6.29 Å². The second-order valence-electron chi connectivity index (χ2n) is 6.16. The monoisotopic (exact) mass is 384 g/mol. The van der Waals surface area contributed by atoms with Gasteiger partial charge in [0, 0.05) is 6.42 Å². The van der Waals surface area contributed by atoms with Crippen molar-refractivity contribution in [3.8, 4) is 11.1 Å². The number of aliphatic carboxylic acids is 1. The number of carbonyl (C=O) groups is 4. The van der Waals surface area contributed by atoms with E-state index in [0.29, 0.717) is 6.29 Å². The number of carboxylic acids is 1. The highest BCUT2D eigenvalue weighted by atomic mass is 16.5. The van der Waals surface area contributed by atoms with Gasteiger partial charge in [-0.2, -0.15) is 0 Å². The summed E-state index contributed by atoms with van der Waals surface area (Å²) in [5.41, 5.74) is 2.13. The Kier molecular flexibility index (Phi) is 7.59. The number of carboxylic acid groups (broad SMARTS) is 1. The lowest BCUT2D eigenvalue weighted by Gasteiger charge is -2.18. The molecule has 0 radical (unpaired) electrons. The number of ether oxygens (including phenoxy) is 1. The Labute approximate surface area is 161 Å². The fourth-order valence-corrected chi connectivity index (χ4v) is 2.67. The van der Waals surface area contributed by atoms with Crippen LogP contribution < -0.4 is 0 Å². The zero-order chi connectivity index (χ0) is 20.5. The lowest BCUT2D eigenvalue weighted by atomic mass is 9.92. The Morgan fingerprint density at radius 1 is 0.964 bits per heavy atom. The maximum absolute atomic E-state index is 12.2. The Balaban J connectivity index is 1.98. The van der Waals surface area contributed by atoms with Gasteiger partial charge in [-0.25, -0.2) is 4.79 Å². The third kappa shape index (κ3) is 5.85. The minimum Gasteiger partial charge on any atom is -0.481 e. The van der Waals surface area contributed by atoms with Crippen LogP contribution in [0.4, 0.5) is 0 Å². The summed E-state index contributed by atoms with van der Waals surface area (Å²) < 4.78 is 4.95. The topological polar surface area (TPSA) is 118 Å². The van der Waals surface area contributed by atoms with Crippen molar-refractivity contribution in [3.05, 3.63) is 60.2 Å². The largest absolute Gasteiger partial charge is 0.481 e.